The highest BCUT2D eigenvalue weighted by Crippen LogP contribution is 2.16. The fraction of sp³-hybridized carbons (Fsp3) is 0.562. The van der Waals surface area contributed by atoms with Crippen molar-refractivity contribution in [3.63, 3.8) is 0 Å². The average Bonchev–Trinajstić information content (AvgIpc) is 2.46. The molecule has 1 saturated heterocycles. The lowest BCUT2D eigenvalue weighted by Gasteiger charge is -2.22. The van der Waals surface area contributed by atoms with Gasteiger partial charge in [0, 0.05) is 30.4 Å². The highest BCUT2D eigenvalue weighted by atomic mass is 16.5. The van der Waals surface area contributed by atoms with Gasteiger partial charge in [-0.25, -0.2) is 0 Å². The van der Waals surface area contributed by atoms with E-state index < -0.39 is 0 Å². The van der Waals surface area contributed by atoms with E-state index in [1.165, 1.54) is 6.42 Å². The predicted molar refractivity (Wildman–Crippen MR) is 81.1 cm³/mol. The van der Waals surface area contributed by atoms with Crippen LogP contribution in [0.5, 0.6) is 0 Å². The van der Waals surface area contributed by atoms with Crippen molar-refractivity contribution in [3.05, 3.63) is 29.8 Å². The molecule has 1 heterocycles. The van der Waals surface area contributed by atoms with Gasteiger partial charge in [0.05, 0.1) is 6.61 Å². The molecule has 1 aliphatic heterocycles. The van der Waals surface area contributed by atoms with Crippen molar-refractivity contribution in [1.29, 1.82) is 0 Å². The van der Waals surface area contributed by atoms with Crippen LogP contribution in [0.4, 0.5) is 5.69 Å². The number of carbonyl (C=O) groups is 1. The number of anilines is 1. The molecule has 1 fully saturated rings. The number of nitrogens with one attached hydrogen (secondary N) is 2. The number of hydrogen-bond donors (Lipinski definition) is 2. The quantitative estimate of drug-likeness (QED) is 0.869. The fourth-order valence-electron chi connectivity index (χ4n) is 2.35. The molecule has 2 rings (SSSR count). The van der Waals surface area contributed by atoms with Crippen LogP contribution in [0.1, 0.15) is 37.0 Å². The van der Waals surface area contributed by atoms with Gasteiger partial charge in [-0.05, 0) is 50.8 Å². The number of rotatable bonds is 5. The highest BCUT2D eigenvalue weighted by molar-refractivity contribution is 5.95. The second-order valence-electron chi connectivity index (χ2n) is 5.67. The van der Waals surface area contributed by atoms with Gasteiger partial charge >= 0.3 is 0 Å². The van der Waals surface area contributed by atoms with Crippen LogP contribution in [0.2, 0.25) is 0 Å². The van der Waals surface area contributed by atoms with Crippen molar-refractivity contribution in [2.24, 2.45) is 5.92 Å². The second kappa shape index (κ2) is 7.29. The molecule has 4 nitrogen and oxygen atoms in total. The number of benzene rings is 1. The van der Waals surface area contributed by atoms with Crippen molar-refractivity contribution in [1.82, 2.24) is 5.32 Å². The lowest BCUT2D eigenvalue weighted by molar-refractivity contribution is 0.0595. The van der Waals surface area contributed by atoms with E-state index in [0.29, 0.717) is 11.5 Å². The zero-order valence-electron chi connectivity index (χ0n) is 12.3. The van der Waals surface area contributed by atoms with E-state index in [2.05, 4.69) is 10.6 Å². The van der Waals surface area contributed by atoms with Gasteiger partial charge < -0.3 is 15.4 Å². The predicted octanol–water partition coefficient (Wildman–Crippen LogP) is 2.66. The van der Waals surface area contributed by atoms with Crippen molar-refractivity contribution in [2.45, 2.75) is 32.7 Å². The maximum absolute atomic E-state index is 12.0. The van der Waals surface area contributed by atoms with Crippen LogP contribution in [0.3, 0.4) is 0 Å². The molecule has 1 amide bonds. The lowest BCUT2D eigenvalue weighted by Crippen LogP contribution is -2.30. The first-order valence-corrected chi connectivity index (χ1v) is 7.37. The summed E-state index contributed by atoms with van der Waals surface area (Å²) in [5.74, 6) is 0.543. The Balaban J connectivity index is 1.90. The molecule has 0 aliphatic carbocycles. The summed E-state index contributed by atoms with van der Waals surface area (Å²) in [6.45, 7) is 6.54. The molecule has 1 aliphatic rings. The number of hydrogen-bond acceptors (Lipinski definition) is 3. The third kappa shape index (κ3) is 4.53. The fourth-order valence-corrected chi connectivity index (χ4v) is 2.35. The Morgan fingerprint density at radius 1 is 1.45 bits per heavy atom. The molecular weight excluding hydrogens is 252 g/mol. The van der Waals surface area contributed by atoms with Crippen molar-refractivity contribution in [3.8, 4) is 0 Å². The van der Waals surface area contributed by atoms with Crippen LogP contribution in [0.15, 0.2) is 24.3 Å². The van der Waals surface area contributed by atoms with Crippen LogP contribution in [-0.4, -0.2) is 31.7 Å². The highest BCUT2D eigenvalue weighted by Gasteiger charge is 2.13. The summed E-state index contributed by atoms with van der Waals surface area (Å²) in [6.07, 6.45) is 2.35. The summed E-state index contributed by atoms with van der Waals surface area (Å²) in [5, 5.41) is 6.31. The molecule has 4 heteroatoms. The van der Waals surface area contributed by atoms with Gasteiger partial charge in [-0.3, -0.25) is 4.79 Å². The molecule has 1 unspecified atom stereocenters. The van der Waals surface area contributed by atoms with Crippen LogP contribution >= 0.6 is 0 Å². The molecule has 1 aromatic rings. The Morgan fingerprint density at radius 3 is 3.00 bits per heavy atom. The van der Waals surface area contributed by atoms with Gasteiger partial charge in [-0.2, -0.15) is 0 Å². The monoisotopic (exact) mass is 276 g/mol. The minimum atomic E-state index is -0.0235. The van der Waals surface area contributed by atoms with E-state index in [9.17, 15) is 4.79 Å². The standard InChI is InChI=1S/C16H24N2O2/c1-12(2)18-16(19)14-6-3-7-15(9-14)17-10-13-5-4-8-20-11-13/h3,6-7,9,12-13,17H,4-5,8,10-11H2,1-2H3,(H,18,19). The summed E-state index contributed by atoms with van der Waals surface area (Å²) in [4.78, 5) is 12.0. The van der Waals surface area contributed by atoms with Crippen LogP contribution in [0, 0.1) is 5.92 Å². The molecule has 1 aromatic carbocycles. The zero-order chi connectivity index (χ0) is 14.4. The van der Waals surface area contributed by atoms with E-state index in [4.69, 9.17) is 4.74 Å². The third-order valence-electron chi connectivity index (χ3n) is 3.39. The van der Waals surface area contributed by atoms with Gasteiger partial charge in [0.15, 0.2) is 0 Å². The number of carbonyl (C=O) groups excluding carboxylic acids is 1. The van der Waals surface area contributed by atoms with E-state index in [1.54, 1.807) is 0 Å². The summed E-state index contributed by atoms with van der Waals surface area (Å²) in [7, 11) is 0. The molecule has 110 valence electrons. The van der Waals surface area contributed by atoms with Gasteiger partial charge in [0.2, 0.25) is 0 Å². The third-order valence-corrected chi connectivity index (χ3v) is 3.39. The van der Waals surface area contributed by atoms with E-state index >= 15 is 0 Å². The first-order chi connectivity index (χ1) is 9.65. The van der Waals surface area contributed by atoms with E-state index in [0.717, 1.165) is 31.9 Å². The topological polar surface area (TPSA) is 50.4 Å². The minimum Gasteiger partial charge on any atom is -0.385 e. The van der Waals surface area contributed by atoms with Crippen molar-refractivity contribution in [2.75, 3.05) is 25.1 Å². The molecule has 0 spiro atoms. The number of amides is 1. The largest absolute Gasteiger partial charge is 0.385 e. The molecule has 20 heavy (non-hydrogen) atoms. The van der Waals surface area contributed by atoms with Crippen molar-refractivity contribution >= 4 is 11.6 Å². The summed E-state index contributed by atoms with van der Waals surface area (Å²) < 4.78 is 5.47. The van der Waals surface area contributed by atoms with Crippen molar-refractivity contribution < 1.29 is 9.53 Å². The SMILES string of the molecule is CC(C)NC(=O)c1cccc(NCC2CCCOC2)c1. The summed E-state index contributed by atoms with van der Waals surface area (Å²) in [6, 6.07) is 7.80. The Hall–Kier alpha value is -1.55. The molecule has 0 bridgehead atoms. The van der Waals surface area contributed by atoms with Gasteiger partial charge in [-0.1, -0.05) is 6.07 Å². The first kappa shape index (κ1) is 14.9. The molecule has 1 atom stereocenters. The first-order valence-electron chi connectivity index (χ1n) is 7.37. The average molecular weight is 276 g/mol. The van der Waals surface area contributed by atoms with E-state index in [1.807, 2.05) is 38.1 Å². The smallest absolute Gasteiger partial charge is 0.251 e. The molecule has 0 saturated carbocycles. The minimum absolute atomic E-state index is 0.0235. The lowest BCUT2D eigenvalue weighted by atomic mass is 10.0. The number of ether oxygens (including phenoxy) is 1. The Labute approximate surface area is 120 Å². The van der Waals surface area contributed by atoms with Gasteiger partial charge in [-0.15, -0.1) is 0 Å². The summed E-state index contributed by atoms with van der Waals surface area (Å²) in [5.41, 5.74) is 1.69. The Kier molecular flexibility index (Phi) is 5.41. The van der Waals surface area contributed by atoms with E-state index in [-0.39, 0.29) is 11.9 Å². The maximum atomic E-state index is 12.0. The molecule has 0 radical (unpaired) electrons. The molecule has 0 aromatic heterocycles. The Bertz CT molecular complexity index is 440. The Morgan fingerprint density at radius 2 is 2.30 bits per heavy atom. The van der Waals surface area contributed by atoms with Crippen LogP contribution < -0.4 is 10.6 Å². The maximum Gasteiger partial charge on any atom is 0.251 e. The summed E-state index contributed by atoms with van der Waals surface area (Å²) >= 11 is 0. The van der Waals surface area contributed by atoms with Crippen LogP contribution in [0.25, 0.3) is 0 Å². The molecular formula is C16H24N2O2. The van der Waals surface area contributed by atoms with Crippen LogP contribution in [-0.2, 0) is 4.74 Å². The normalized spacial score (nSPS) is 18.9. The zero-order valence-corrected chi connectivity index (χ0v) is 12.3. The van der Waals surface area contributed by atoms with Gasteiger partial charge in [0.25, 0.3) is 5.91 Å². The second-order valence-corrected chi connectivity index (χ2v) is 5.67. The molecule has 2 N–H and O–H groups in total. The van der Waals surface area contributed by atoms with Gasteiger partial charge in [0.1, 0.15) is 0 Å².